The minimum absolute atomic E-state index is 0.0112. The number of halogens is 1. The molecule has 1 aromatic heterocycles. The second kappa shape index (κ2) is 6.87. The molecule has 4 rings (SSSR count). The van der Waals surface area contributed by atoms with E-state index in [1.165, 1.54) is 5.01 Å². The Morgan fingerprint density at radius 3 is 2.96 bits per heavy atom. The smallest absolute Gasteiger partial charge is 0.256 e. The first-order valence-corrected chi connectivity index (χ1v) is 8.76. The summed E-state index contributed by atoms with van der Waals surface area (Å²) < 4.78 is 0. The first-order chi connectivity index (χ1) is 12.6. The van der Waals surface area contributed by atoms with Crippen LogP contribution in [0.3, 0.4) is 0 Å². The molecule has 0 spiro atoms. The second-order valence-electron chi connectivity index (χ2n) is 6.44. The van der Waals surface area contributed by atoms with Crippen molar-refractivity contribution in [3.8, 4) is 6.07 Å². The molecule has 1 amide bonds. The van der Waals surface area contributed by atoms with Crippen LogP contribution >= 0.6 is 11.6 Å². The number of hydrogen-bond acceptors (Lipinski definition) is 5. The van der Waals surface area contributed by atoms with Crippen LogP contribution in [-0.2, 0) is 11.3 Å². The normalized spacial score (nSPS) is 19.8. The van der Waals surface area contributed by atoms with Crippen LogP contribution in [0, 0.1) is 17.2 Å². The van der Waals surface area contributed by atoms with Crippen LogP contribution in [0.15, 0.2) is 47.7 Å². The predicted octanol–water partition coefficient (Wildman–Crippen LogP) is 2.83. The van der Waals surface area contributed by atoms with E-state index in [4.69, 9.17) is 16.9 Å². The predicted molar refractivity (Wildman–Crippen MR) is 98.7 cm³/mol. The highest BCUT2D eigenvalue weighted by molar-refractivity contribution is 6.29. The number of aromatic nitrogens is 1. The van der Waals surface area contributed by atoms with Gasteiger partial charge in [0.25, 0.3) is 5.91 Å². The number of anilines is 1. The van der Waals surface area contributed by atoms with Crippen molar-refractivity contribution in [1.82, 2.24) is 9.88 Å². The standard InChI is InChI=1S/C19H16ClN5O/c20-18-5-4-14(10-22-18)11-24-7-6-16-17(12-24)23-25(19(16)26)15-3-1-2-13(8-15)9-21/h1-5,8,10,16H,6-7,11-12H2. The van der Waals surface area contributed by atoms with Gasteiger partial charge in [0.15, 0.2) is 0 Å². The molecule has 2 aliphatic rings. The van der Waals surface area contributed by atoms with Gasteiger partial charge in [0.05, 0.1) is 28.9 Å². The molecule has 0 aliphatic carbocycles. The van der Waals surface area contributed by atoms with E-state index in [-0.39, 0.29) is 11.8 Å². The molecule has 0 bridgehead atoms. The fourth-order valence-electron chi connectivity index (χ4n) is 3.37. The number of pyridine rings is 1. The van der Waals surface area contributed by atoms with Crippen molar-refractivity contribution in [3.63, 3.8) is 0 Å². The van der Waals surface area contributed by atoms with Crippen molar-refractivity contribution < 1.29 is 4.79 Å². The number of likely N-dealkylation sites (tertiary alicyclic amines) is 1. The molecule has 1 unspecified atom stereocenters. The number of nitriles is 1. The number of benzene rings is 1. The van der Waals surface area contributed by atoms with Gasteiger partial charge in [-0.3, -0.25) is 9.69 Å². The summed E-state index contributed by atoms with van der Waals surface area (Å²) in [4.78, 5) is 19.1. The van der Waals surface area contributed by atoms with Gasteiger partial charge in [0, 0.05) is 25.8 Å². The molecule has 6 nitrogen and oxygen atoms in total. The van der Waals surface area contributed by atoms with E-state index in [1.54, 1.807) is 36.5 Å². The Balaban J connectivity index is 1.51. The minimum atomic E-state index is -0.166. The number of piperidine rings is 1. The molecule has 0 N–H and O–H groups in total. The highest BCUT2D eigenvalue weighted by Gasteiger charge is 2.39. The average molecular weight is 366 g/mol. The third kappa shape index (κ3) is 3.19. The molecule has 1 saturated heterocycles. The zero-order chi connectivity index (χ0) is 18.1. The van der Waals surface area contributed by atoms with E-state index < -0.39 is 0 Å². The van der Waals surface area contributed by atoms with Gasteiger partial charge in [0.1, 0.15) is 5.15 Å². The quantitative estimate of drug-likeness (QED) is 0.784. The lowest BCUT2D eigenvalue weighted by Gasteiger charge is -2.29. The van der Waals surface area contributed by atoms with Crippen LogP contribution in [0.2, 0.25) is 5.15 Å². The summed E-state index contributed by atoms with van der Waals surface area (Å²) >= 11 is 5.83. The summed E-state index contributed by atoms with van der Waals surface area (Å²) in [6, 6.07) is 12.8. The monoisotopic (exact) mass is 365 g/mol. The molecule has 130 valence electrons. The largest absolute Gasteiger partial charge is 0.293 e. The van der Waals surface area contributed by atoms with Gasteiger partial charge in [-0.2, -0.15) is 10.4 Å². The Bertz CT molecular complexity index is 918. The van der Waals surface area contributed by atoms with E-state index in [0.717, 1.165) is 30.8 Å². The summed E-state index contributed by atoms with van der Waals surface area (Å²) in [7, 11) is 0. The molecule has 1 atom stereocenters. The van der Waals surface area contributed by atoms with Crippen LogP contribution in [0.25, 0.3) is 0 Å². The molecule has 0 saturated carbocycles. The van der Waals surface area contributed by atoms with Crippen LogP contribution < -0.4 is 5.01 Å². The number of carbonyl (C=O) groups is 1. The first-order valence-electron chi connectivity index (χ1n) is 8.38. The highest BCUT2D eigenvalue weighted by Crippen LogP contribution is 2.29. The first kappa shape index (κ1) is 16.7. The van der Waals surface area contributed by atoms with Crippen molar-refractivity contribution in [3.05, 3.63) is 58.9 Å². The fourth-order valence-corrected chi connectivity index (χ4v) is 3.49. The van der Waals surface area contributed by atoms with E-state index in [0.29, 0.717) is 22.9 Å². The maximum Gasteiger partial charge on any atom is 0.256 e. The summed E-state index contributed by atoms with van der Waals surface area (Å²) in [6.45, 7) is 2.21. The summed E-state index contributed by atoms with van der Waals surface area (Å²) in [5.41, 5.74) is 3.12. The van der Waals surface area contributed by atoms with Crippen molar-refractivity contribution in [2.24, 2.45) is 11.0 Å². The van der Waals surface area contributed by atoms with Gasteiger partial charge in [-0.05, 0) is 36.2 Å². The highest BCUT2D eigenvalue weighted by atomic mass is 35.5. The Morgan fingerprint density at radius 1 is 1.31 bits per heavy atom. The van der Waals surface area contributed by atoms with E-state index in [1.807, 2.05) is 6.07 Å². The fraction of sp³-hybridized carbons (Fsp3) is 0.263. The number of amides is 1. The topological polar surface area (TPSA) is 72.6 Å². The zero-order valence-electron chi connectivity index (χ0n) is 14.0. The Kier molecular flexibility index (Phi) is 4.41. The second-order valence-corrected chi connectivity index (χ2v) is 6.83. The number of rotatable bonds is 3. The van der Waals surface area contributed by atoms with Crippen molar-refractivity contribution in [2.75, 3.05) is 18.1 Å². The molecule has 2 aromatic rings. The summed E-state index contributed by atoms with van der Waals surface area (Å²) in [5, 5.41) is 15.5. The van der Waals surface area contributed by atoms with Crippen molar-refractivity contribution >= 4 is 28.9 Å². The van der Waals surface area contributed by atoms with Gasteiger partial charge in [-0.15, -0.1) is 0 Å². The molecular weight excluding hydrogens is 350 g/mol. The molecule has 1 aromatic carbocycles. The van der Waals surface area contributed by atoms with E-state index in [2.05, 4.69) is 21.1 Å². The zero-order valence-corrected chi connectivity index (χ0v) is 14.7. The number of carbonyl (C=O) groups excluding carboxylic acids is 1. The molecule has 1 fully saturated rings. The maximum absolute atomic E-state index is 12.7. The minimum Gasteiger partial charge on any atom is -0.293 e. The Hall–Kier alpha value is -2.75. The van der Waals surface area contributed by atoms with E-state index >= 15 is 0 Å². The van der Waals surface area contributed by atoms with Crippen LogP contribution in [0.5, 0.6) is 0 Å². The molecule has 3 heterocycles. The number of hydrogen-bond donors (Lipinski definition) is 0. The van der Waals surface area contributed by atoms with Crippen molar-refractivity contribution in [1.29, 1.82) is 5.26 Å². The van der Waals surface area contributed by atoms with Crippen LogP contribution in [0.4, 0.5) is 5.69 Å². The Morgan fingerprint density at radius 2 is 2.19 bits per heavy atom. The number of nitrogens with zero attached hydrogens (tertiary/aromatic N) is 5. The number of fused-ring (bicyclic) bond motifs is 1. The lowest BCUT2D eigenvalue weighted by molar-refractivity contribution is -0.120. The average Bonchev–Trinajstić information content (AvgIpc) is 3.00. The van der Waals surface area contributed by atoms with Gasteiger partial charge >= 0.3 is 0 Å². The van der Waals surface area contributed by atoms with E-state index in [9.17, 15) is 4.79 Å². The Labute approximate surface area is 156 Å². The molecular formula is C19H16ClN5O. The van der Waals surface area contributed by atoms with Crippen LogP contribution in [0.1, 0.15) is 17.5 Å². The molecule has 0 radical (unpaired) electrons. The summed E-state index contributed by atoms with van der Waals surface area (Å²) in [5.74, 6) is -0.178. The number of hydrazone groups is 1. The van der Waals surface area contributed by atoms with Gasteiger partial charge < -0.3 is 0 Å². The lowest BCUT2D eigenvalue weighted by Crippen LogP contribution is -2.41. The van der Waals surface area contributed by atoms with Crippen LogP contribution in [-0.4, -0.2) is 34.6 Å². The van der Waals surface area contributed by atoms with Crippen molar-refractivity contribution in [2.45, 2.75) is 13.0 Å². The molecule has 26 heavy (non-hydrogen) atoms. The molecule has 7 heteroatoms. The van der Waals surface area contributed by atoms with Gasteiger partial charge in [-0.25, -0.2) is 9.99 Å². The van der Waals surface area contributed by atoms with Gasteiger partial charge in [0.2, 0.25) is 0 Å². The maximum atomic E-state index is 12.7. The molecule has 2 aliphatic heterocycles. The lowest BCUT2D eigenvalue weighted by atomic mass is 9.94. The summed E-state index contributed by atoms with van der Waals surface area (Å²) in [6.07, 6.45) is 2.52. The SMILES string of the molecule is N#Cc1cccc(N2N=C3CN(Cc4ccc(Cl)nc4)CCC3C2=O)c1. The van der Waals surface area contributed by atoms with Gasteiger partial charge in [-0.1, -0.05) is 23.7 Å². The third-order valence-electron chi connectivity index (χ3n) is 4.67. The third-order valence-corrected chi connectivity index (χ3v) is 4.90.